The maximum absolute atomic E-state index is 10.7. The number of carbonyl (C=O) groups excluding carboxylic acids is 2. The summed E-state index contributed by atoms with van der Waals surface area (Å²) in [6, 6.07) is -0.714. The lowest BCUT2D eigenvalue weighted by Crippen LogP contribution is -2.50. The van der Waals surface area contributed by atoms with Gasteiger partial charge < -0.3 is 11.1 Å². The van der Waals surface area contributed by atoms with Crippen LogP contribution in [0.15, 0.2) is 4.99 Å². The van der Waals surface area contributed by atoms with E-state index < -0.39 is 12.3 Å². The van der Waals surface area contributed by atoms with Gasteiger partial charge in [0.25, 0.3) is 0 Å². The second-order valence-electron chi connectivity index (χ2n) is 2.01. The first-order valence-electron chi connectivity index (χ1n) is 3.05. The molecule has 0 bridgehead atoms. The number of hydrogen-bond donors (Lipinski definition) is 3. The number of nitrogens with one attached hydrogen (secondary N) is 2. The summed E-state index contributed by atoms with van der Waals surface area (Å²) >= 11 is 0. The largest absolute Gasteiger partial charge is 0.352 e. The average Bonchev–Trinajstić information content (AvgIpc) is 1.85. The maximum atomic E-state index is 10.7. The summed E-state index contributed by atoms with van der Waals surface area (Å²) in [4.78, 5) is 24.7. The molecule has 0 radical (unpaired) electrons. The fourth-order valence-corrected chi connectivity index (χ4v) is 0.698. The first kappa shape index (κ1) is 7.52. The van der Waals surface area contributed by atoms with Gasteiger partial charge in [-0.1, -0.05) is 0 Å². The van der Waals surface area contributed by atoms with Crippen LogP contribution in [0.4, 0.5) is 4.79 Å². The molecule has 6 nitrogen and oxygen atoms in total. The van der Waals surface area contributed by atoms with Crippen molar-refractivity contribution in [3.8, 4) is 0 Å². The predicted molar refractivity (Wildman–Crippen MR) is 37.8 cm³/mol. The molecule has 1 atom stereocenters. The van der Waals surface area contributed by atoms with Gasteiger partial charge in [0.05, 0.1) is 6.42 Å². The number of carbonyl (C=O) groups is 2. The molecular formula is C5H8N4O2. The number of nitrogens with zero attached hydrogens (tertiary/aromatic N) is 1. The van der Waals surface area contributed by atoms with E-state index in [0.717, 1.165) is 0 Å². The maximum Gasteiger partial charge on any atom is 0.315 e. The van der Waals surface area contributed by atoms with Gasteiger partial charge in [0.2, 0.25) is 5.91 Å². The summed E-state index contributed by atoms with van der Waals surface area (Å²) in [5.74, 6) is -0.182. The Kier molecular flexibility index (Phi) is 2.05. The fraction of sp³-hybridized carbons (Fsp3) is 0.400. The monoisotopic (exact) mass is 156 g/mol. The van der Waals surface area contributed by atoms with Gasteiger partial charge >= 0.3 is 6.03 Å². The SMILES string of the molecule is NC(=O)NC1N=CCC(=O)N1. The van der Waals surface area contributed by atoms with Crippen LogP contribution >= 0.6 is 0 Å². The number of nitrogens with two attached hydrogens (primary N) is 1. The Balaban J connectivity index is 2.46. The van der Waals surface area contributed by atoms with E-state index in [4.69, 9.17) is 5.73 Å². The Morgan fingerprint density at radius 3 is 3.18 bits per heavy atom. The predicted octanol–water partition coefficient (Wildman–Crippen LogP) is -1.47. The van der Waals surface area contributed by atoms with Crippen molar-refractivity contribution >= 4 is 18.2 Å². The van der Waals surface area contributed by atoms with Gasteiger partial charge in [0.15, 0.2) is 6.29 Å². The zero-order valence-corrected chi connectivity index (χ0v) is 5.70. The standard InChI is InChI=1S/C5H8N4O2/c6-4(11)9-5-7-2-1-3(10)8-5/h2,5H,1H2,(H,8,10)(H3,6,9,11). The van der Waals surface area contributed by atoms with Crippen molar-refractivity contribution in [3.05, 3.63) is 0 Å². The minimum Gasteiger partial charge on any atom is -0.352 e. The second kappa shape index (κ2) is 3.00. The molecule has 0 aromatic carbocycles. The normalized spacial score (nSPS) is 22.5. The summed E-state index contributed by atoms with van der Waals surface area (Å²) in [6.07, 6.45) is 0.977. The van der Waals surface area contributed by atoms with Crippen LogP contribution in [0.25, 0.3) is 0 Å². The molecule has 3 amide bonds. The summed E-state index contributed by atoms with van der Waals surface area (Å²) in [5, 5.41) is 4.62. The van der Waals surface area contributed by atoms with Crippen molar-refractivity contribution < 1.29 is 9.59 Å². The quantitative estimate of drug-likeness (QED) is 0.432. The Hall–Kier alpha value is -1.59. The third-order valence-corrected chi connectivity index (χ3v) is 1.11. The van der Waals surface area contributed by atoms with E-state index >= 15 is 0 Å². The second-order valence-corrected chi connectivity index (χ2v) is 2.01. The molecule has 4 N–H and O–H groups in total. The molecule has 1 unspecified atom stereocenters. The third-order valence-electron chi connectivity index (χ3n) is 1.11. The third kappa shape index (κ3) is 2.24. The van der Waals surface area contributed by atoms with Crippen LogP contribution in [-0.4, -0.2) is 24.4 Å². The van der Waals surface area contributed by atoms with Gasteiger partial charge in [-0.25, -0.2) is 4.79 Å². The number of primary amides is 1. The highest BCUT2D eigenvalue weighted by Crippen LogP contribution is 1.89. The van der Waals surface area contributed by atoms with Crippen LogP contribution in [0, 0.1) is 0 Å². The number of aliphatic imine (C=N–C) groups is 1. The Morgan fingerprint density at radius 2 is 2.64 bits per heavy atom. The molecule has 0 fully saturated rings. The molecule has 0 aromatic heterocycles. The summed E-state index contributed by atoms with van der Waals surface area (Å²) in [5.41, 5.74) is 4.79. The molecule has 6 heteroatoms. The van der Waals surface area contributed by atoms with Crippen LogP contribution in [0.1, 0.15) is 6.42 Å². The summed E-state index contributed by atoms with van der Waals surface area (Å²) in [6.45, 7) is 0. The van der Waals surface area contributed by atoms with Crippen LogP contribution < -0.4 is 16.4 Å². The Labute approximate surface area is 62.9 Å². The van der Waals surface area contributed by atoms with Crippen molar-refractivity contribution in [2.75, 3.05) is 0 Å². The number of amides is 3. The lowest BCUT2D eigenvalue weighted by Gasteiger charge is -2.17. The van der Waals surface area contributed by atoms with Crippen LogP contribution in [0.2, 0.25) is 0 Å². The smallest absolute Gasteiger partial charge is 0.315 e. The van der Waals surface area contributed by atoms with Gasteiger partial charge in [-0.15, -0.1) is 0 Å². The van der Waals surface area contributed by atoms with Gasteiger partial charge in [-0.2, -0.15) is 0 Å². The lowest BCUT2D eigenvalue weighted by atomic mass is 10.4. The molecule has 1 rings (SSSR count). The minimum atomic E-state index is -0.714. The van der Waals surface area contributed by atoms with E-state index in [-0.39, 0.29) is 12.3 Å². The van der Waals surface area contributed by atoms with Crippen LogP contribution in [-0.2, 0) is 4.79 Å². The average molecular weight is 156 g/mol. The van der Waals surface area contributed by atoms with Gasteiger partial charge in [-0.05, 0) is 0 Å². The van der Waals surface area contributed by atoms with E-state index in [2.05, 4.69) is 15.6 Å². The molecule has 11 heavy (non-hydrogen) atoms. The molecule has 1 heterocycles. The summed E-state index contributed by atoms with van der Waals surface area (Å²) in [7, 11) is 0. The zero-order chi connectivity index (χ0) is 8.27. The van der Waals surface area contributed by atoms with Crippen LogP contribution in [0.5, 0.6) is 0 Å². The van der Waals surface area contributed by atoms with Gasteiger partial charge in [0.1, 0.15) is 0 Å². The summed E-state index contributed by atoms with van der Waals surface area (Å²) < 4.78 is 0. The molecule has 1 aliphatic heterocycles. The van der Waals surface area contributed by atoms with Gasteiger partial charge in [-0.3, -0.25) is 15.1 Å². The molecule has 0 aromatic rings. The number of urea groups is 1. The van der Waals surface area contributed by atoms with E-state index in [1.807, 2.05) is 0 Å². The van der Waals surface area contributed by atoms with Crippen LogP contribution in [0.3, 0.4) is 0 Å². The van der Waals surface area contributed by atoms with Crippen molar-refractivity contribution in [1.29, 1.82) is 0 Å². The molecular weight excluding hydrogens is 148 g/mol. The zero-order valence-electron chi connectivity index (χ0n) is 5.70. The van der Waals surface area contributed by atoms with Crippen molar-refractivity contribution in [3.63, 3.8) is 0 Å². The highest BCUT2D eigenvalue weighted by atomic mass is 16.2. The molecule has 0 aliphatic carbocycles. The number of hydrogen-bond acceptors (Lipinski definition) is 3. The highest BCUT2D eigenvalue weighted by molar-refractivity contribution is 5.92. The van der Waals surface area contributed by atoms with E-state index in [0.29, 0.717) is 0 Å². The van der Waals surface area contributed by atoms with Crippen molar-refractivity contribution in [2.24, 2.45) is 10.7 Å². The fourth-order valence-electron chi connectivity index (χ4n) is 0.698. The molecule has 0 spiro atoms. The van der Waals surface area contributed by atoms with E-state index in [1.165, 1.54) is 6.21 Å². The molecule has 0 saturated carbocycles. The number of rotatable bonds is 1. The molecule has 60 valence electrons. The van der Waals surface area contributed by atoms with Gasteiger partial charge in [0, 0.05) is 6.21 Å². The minimum absolute atomic E-state index is 0.182. The first-order chi connectivity index (χ1) is 5.18. The van der Waals surface area contributed by atoms with Crippen molar-refractivity contribution in [2.45, 2.75) is 12.7 Å². The van der Waals surface area contributed by atoms with E-state index in [1.54, 1.807) is 0 Å². The van der Waals surface area contributed by atoms with Crippen molar-refractivity contribution in [1.82, 2.24) is 10.6 Å². The topological polar surface area (TPSA) is 96.6 Å². The van der Waals surface area contributed by atoms with E-state index in [9.17, 15) is 9.59 Å². The first-order valence-corrected chi connectivity index (χ1v) is 3.05. The Bertz CT molecular complexity index is 213. The highest BCUT2D eigenvalue weighted by Gasteiger charge is 2.13. The Morgan fingerprint density at radius 1 is 1.91 bits per heavy atom. The lowest BCUT2D eigenvalue weighted by molar-refractivity contribution is -0.120. The molecule has 1 aliphatic rings. The molecule has 0 saturated heterocycles.